The number of likely N-dealkylation sites (N-methyl/N-ethyl adjacent to an activating group) is 1. The van der Waals surface area contributed by atoms with E-state index < -0.39 is 5.97 Å². The molecule has 0 atom stereocenters. The highest BCUT2D eigenvalue weighted by molar-refractivity contribution is 5.84. The third-order valence-electron chi connectivity index (χ3n) is 2.30. The minimum Gasteiger partial charge on any atom is -0.476 e. The van der Waals surface area contributed by atoms with Crippen molar-refractivity contribution in [2.45, 2.75) is 6.92 Å². The zero-order valence-electron chi connectivity index (χ0n) is 10.2. The van der Waals surface area contributed by atoms with Gasteiger partial charge in [0.15, 0.2) is 5.69 Å². The van der Waals surface area contributed by atoms with E-state index in [1.165, 1.54) is 12.4 Å². The van der Waals surface area contributed by atoms with Gasteiger partial charge >= 0.3 is 5.97 Å². The molecule has 1 aromatic rings. The monoisotopic (exact) mass is 255 g/mol. The number of ether oxygens (including phenoxy) is 1. The van der Waals surface area contributed by atoms with Crippen molar-refractivity contribution in [3.63, 3.8) is 0 Å². The third kappa shape index (κ3) is 4.27. The Morgan fingerprint density at radius 1 is 1.39 bits per heavy atom. The maximum absolute atomic E-state index is 10.6. The molecule has 100 valence electrons. The van der Waals surface area contributed by atoms with E-state index in [4.69, 9.17) is 14.9 Å². The summed E-state index contributed by atoms with van der Waals surface area (Å²) in [6.45, 7) is 4.05. The van der Waals surface area contributed by atoms with Crippen molar-refractivity contribution >= 4 is 11.8 Å². The van der Waals surface area contributed by atoms with Gasteiger partial charge in [0, 0.05) is 13.1 Å². The van der Waals surface area contributed by atoms with E-state index in [-0.39, 0.29) is 12.3 Å². The molecule has 0 unspecified atom stereocenters. The molecule has 0 aliphatic rings. The number of carboxylic acid groups (broad SMARTS) is 1. The summed E-state index contributed by atoms with van der Waals surface area (Å²) >= 11 is 0. The second kappa shape index (κ2) is 7.57. The number of hydrogen-bond acceptors (Lipinski definition) is 6. The average Bonchev–Trinajstić information content (AvgIpc) is 2.39. The molecule has 18 heavy (non-hydrogen) atoms. The predicted octanol–water partition coefficient (Wildman–Crippen LogP) is 0.01000. The molecule has 0 radical (unpaired) electrons. The standard InChI is InChI=1S/C11H17N3O4/c1-2-14(3-5-18-6-4-15)10-8-12-9(7-13-10)11(16)17/h7-8,15H,2-6H2,1H3,(H,16,17). The zero-order valence-corrected chi connectivity index (χ0v) is 10.2. The number of nitrogens with zero attached hydrogens (tertiary/aromatic N) is 3. The van der Waals surface area contributed by atoms with Gasteiger partial charge in [-0.05, 0) is 6.92 Å². The van der Waals surface area contributed by atoms with E-state index in [0.717, 1.165) is 0 Å². The Labute approximate surface area is 105 Å². The fourth-order valence-electron chi connectivity index (χ4n) is 1.37. The van der Waals surface area contributed by atoms with Crippen molar-refractivity contribution in [3.05, 3.63) is 18.1 Å². The maximum Gasteiger partial charge on any atom is 0.356 e. The largest absolute Gasteiger partial charge is 0.476 e. The Hall–Kier alpha value is -1.73. The van der Waals surface area contributed by atoms with Crippen molar-refractivity contribution in [2.24, 2.45) is 0 Å². The van der Waals surface area contributed by atoms with Gasteiger partial charge in [-0.1, -0.05) is 0 Å². The summed E-state index contributed by atoms with van der Waals surface area (Å²) in [4.78, 5) is 20.4. The molecule has 0 saturated carbocycles. The first-order chi connectivity index (χ1) is 8.69. The first-order valence-corrected chi connectivity index (χ1v) is 5.68. The Morgan fingerprint density at radius 3 is 2.67 bits per heavy atom. The molecular formula is C11H17N3O4. The summed E-state index contributed by atoms with van der Waals surface area (Å²) in [7, 11) is 0. The predicted molar refractivity (Wildman–Crippen MR) is 64.8 cm³/mol. The Balaban J connectivity index is 2.56. The maximum atomic E-state index is 10.6. The van der Waals surface area contributed by atoms with Gasteiger partial charge in [-0.3, -0.25) is 0 Å². The SMILES string of the molecule is CCN(CCOCCO)c1cnc(C(=O)O)cn1. The second-order valence-corrected chi connectivity index (χ2v) is 3.48. The van der Waals surface area contributed by atoms with Crippen molar-refractivity contribution in [3.8, 4) is 0 Å². The molecule has 1 rings (SSSR count). The molecule has 0 spiro atoms. The van der Waals surface area contributed by atoms with Crippen molar-refractivity contribution < 1.29 is 19.7 Å². The van der Waals surface area contributed by atoms with Crippen LogP contribution in [0.3, 0.4) is 0 Å². The first-order valence-electron chi connectivity index (χ1n) is 5.68. The van der Waals surface area contributed by atoms with Crippen LogP contribution in [0.1, 0.15) is 17.4 Å². The van der Waals surface area contributed by atoms with Crippen LogP contribution in [0.2, 0.25) is 0 Å². The molecule has 0 aliphatic heterocycles. The van der Waals surface area contributed by atoms with Crippen LogP contribution in [0.25, 0.3) is 0 Å². The van der Waals surface area contributed by atoms with Crippen LogP contribution in [0.5, 0.6) is 0 Å². The molecule has 0 aliphatic carbocycles. The highest BCUT2D eigenvalue weighted by Crippen LogP contribution is 2.08. The quantitative estimate of drug-likeness (QED) is 0.632. The minimum absolute atomic E-state index is 0.000755. The van der Waals surface area contributed by atoms with Crippen LogP contribution in [-0.4, -0.2) is 59.1 Å². The zero-order chi connectivity index (χ0) is 13.4. The summed E-state index contributed by atoms with van der Waals surface area (Å²) in [6.07, 6.45) is 2.66. The molecule has 1 heterocycles. The Morgan fingerprint density at radius 2 is 2.17 bits per heavy atom. The van der Waals surface area contributed by atoms with Gasteiger partial charge in [0.2, 0.25) is 0 Å². The lowest BCUT2D eigenvalue weighted by Crippen LogP contribution is -2.28. The number of carboxylic acids is 1. The number of aromatic carboxylic acids is 1. The molecule has 0 bridgehead atoms. The van der Waals surface area contributed by atoms with Gasteiger partial charge in [0.25, 0.3) is 0 Å². The fourth-order valence-corrected chi connectivity index (χ4v) is 1.37. The summed E-state index contributed by atoms with van der Waals surface area (Å²) in [5.74, 6) is -0.488. The molecule has 1 aromatic heterocycles. The highest BCUT2D eigenvalue weighted by Gasteiger charge is 2.09. The topological polar surface area (TPSA) is 95.8 Å². The van der Waals surface area contributed by atoms with Crippen LogP contribution < -0.4 is 4.90 Å². The fraction of sp³-hybridized carbons (Fsp3) is 0.545. The molecular weight excluding hydrogens is 238 g/mol. The molecule has 0 saturated heterocycles. The number of rotatable bonds is 8. The van der Waals surface area contributed by atoms with Crippen molar-refractivity contribution in [1.82, 2.24) is 9.97 Å². The highest BCUT2D eigenvalue weighted by atomic mass is 16.5. The van der Waals surface area contributed by atoms with E-state index >= 15 is 0 Å². The number of carbonyl (C=O) groups is 1. The molecule has 2 N–H and O–H groups in total. The van der Waals surface area contributed by atoms with Crippen LogP contribution in [-0.2, 0) is 4.74 Å². The lowest BCUT2D eigenvalue weighted by atomic mass is 10.4. The van der Waals surface area contributed by atoms with Gasteiger partial charge in [0.1, 0.15) is 5.82 Å². The molecule has 0 fully saturated rings. The molecule has 7 heteroatoms. The number of aliphatic hydroxyl groups is 1. The van der Waals surface area contributed by atoms with Crippen LogP contribution in [0, 0.1) is 0 Å². The van der Waals surface area contributed by atoms with Gasteiger partial charge in [-0.15, -0.1) is 0 Å². The van der Waals surface area contributed by atoms with Gasteiger partial charge in [0.05, 0.1) is 32.2 Å². The molecule has 0 amide bonds. The van der Waals surface area contributed by atoms with Gasteiger partial charge < -0.3 is 19.8 Å². The van der Waals surface area contributed by atoms with Crippen LogP contribution >= 0.6 is 0 Å². The van der Waals surface area contributed by atoms with E-state index in [0.29, 0.717) is 32.1 Å². The minimum atomic E-state index is -1.09. The summed E-state index contributed by atoms with van der Waals surface area (Å²) in [5, 5.41) is 17.3. The summed E-state index contributed by atoms with van der Waals surface area (Å²) in [6, 6.07) is 0. The Bertz CT molecular complexity index is 369. The van der Waals surface area contributed by atoms with E-state index in [1.807, 2.05) is 11.8 Å². The number of anilines is 1. The van der Waals surface area contributed by atoms with Crippen molar-refractivity contribution in [2.75, 3.05) is 37.8 Å². The van der Waals surface area contributed by atoms with E-state index in [2.05, 4.69) is 9.97 Å². The van der Waals surface area contributed by atoms with E-state index in [9.17, 15) is 4.79 Å². The Kier molecular flexibility index (Phi) is 6.03. The second-order valence-electron chi connectivity index (χ2n) is 3.48. The molecule has 7 nitrogen and oxygen atoms in total. The smallest absolute Gasteiger partial charge is 0.356 e. The number of aliphatic hydroxyl groups excluding tert-OH is 1. The molecule has 0 aromatic carbocycles. The average molecular weight is 255 g/mol. The van der Waals surface area contributed by atoms with Gasteiger partial charge in [-0.2, -0.15) is 0 Å². The first kappa shape index (κ1) is 14.3. The lowest BCUT2D eigenvalue weighted by Gasteiger charge is -2.21. The number of hydrogen-bond donors (Lipinski definition) is 2. The number of aromatic nitrogens is 2. The summed E-state index contributed by atoms with van der Waals surface area (Å²) in [5.41, 5.74) is -0.0775. The van der Waals surface area contributed by atoms with E-state index in [1.54, 1.807) is 0 Å². The van der Waals surface area contributed by atoms with Gasteiger partial charge in [-0.25, -0.2) is 14.8 Å². The third-order valence-corrected chi connectivity index (χ3v) is 2.30. The lowest BCUT2D eigenvalue weighted by molar-refractivity contribution is 0.0690. The van der Waals surface area contributed by atoms with Crippen molar-refractivity contribution in [1.29, 1.82) is 0 Å². The van der Waals surface area contributed by atoms with Crippen LogP contribution in [0.4, 0.5) is 5.82 Å². The normalized spacial score (nSPS) is 10.3. The summed E-state index contributed by atoms with van der Waals surface area (Å²) < 4.78 is 5.16. The van der Waals surface area contributed by atoms with Crippen LogP contribution in [0.15, 0.2) is 12.4 Å².